The number of benzene rings is 1. The molecule has 0 saturated heterocycles. The average Bonchev–Trinajstić information content (AvgIpc) is 3.32. The predicted octanol–water partition coefficient (Wildman–Crippen LogP) is 4.58. The lowest BCUT2D eigenvalue weighted by Gasteiger charge is -2.14. The van der Waals surface area contributed by atoms with Crippen LogP contribution in [0.15, 0.2) is 48.9 Å². The molecule has 9 nitrogen and oxygen atoms in total. The molecule has 0 aliphatic rings. The van der Waals surface area contributed by atoms with Gasteiger partial charge in [0.05, 0.1) is 16.8 Å². The Hall–Kier alpha value is -4.74. The molecule has 0 aliphatic heterocycles. The lowest BCUT2D eigenvalue weighted by molar-refractivity contribution is -0.143. The van der Waals surface area contributed by atoms with Crippen molar-refractivity contribution in [3.05, 3.63) is 82.4 Å². The van der Waals surface area contributed by atoms with E-state index in [-0.39, 0.29) is 28.0 Å². The van der Waals surface area contributed by atoms with Crippen molar-refractivity contribution in [3.63, 3.8) is 0 Å². The number of nitrogens with two attached hydrogens (primary N) is 1. The van der Waals surface area contributed by atoms with Crippen LogP contribution in [0.3, 0.4) is 0 Å². The molecule has 39 heavy (non-hydrogen) atoms. The molecule has 4 rings (SSSR count). The number of alkyl halides is 3. The highest BCUT2D eigenvalue weighted by molar-refractivity contribution is 6.32. The van der Waals surface area contributed by atoms with Crippen LogP contribution in [0.5, 0.6) is 11.5 Å². The van der Waals surface area contributed by atoms with Gasteiger partial charge in [0.25, 0.3) is 5.91 Å². The van der Waals surface area contributed by atoms with Crippen molar-refractivity contribution in [2.75, 3.05) is 17.7 Å². The lowest BCUT2D eigenvalue weighted by Crippen LogP contribution is -2.21. The first-order valence-corrected chi connectivity index (χ1v) is 11.0. The largest absolute Gasteiger partial charge is 0.450 e. The van der Waals surface area contributed by atoms with E-state index in [1.165, 1.54) is 30.6 Å². The van der Waals surface area contributed by atoms with Gasteiger partial charge in [0.2, 0.25) is 0 Å². The monoisotopic (exact) mass is 564 g/mol. The minimum atomic E-state index is -5.08. The Morgan fingerprint density at radius 2 is 1.90 bits per heavy atom. The molecule has 0 bridgehead atoms. The number of carbonyl (C=O) groups excluding carboxylic acids is 1. The molecule has 0 atom stereocenters. The minimum Gasteiger partial charge on any atom is -0.450 e. The van der Waals surface area contributed by atoms with Gasteiger partial charge in [-0.2, -0.15) is 18.3 Å². The van der Waals surface area contributed by atoms with Crippen LogP contribution in [0.4, 0.5) is 33.5 Å². The Bertz CT molecular complexity index is 1610. The number of aliphatic hydroxyl groups is 1. The normalized spacial score (nSPS) is 11.1. The fourth-order valence-corrected chi connectivity index (χ4v) is 3.52. The van der Waals surface area contributed by atoms with Gasteiger partial charge in [-0.1, -0.05) is 23.4 Å². The number of nitrogens with zero attached hydrogens (tertiary/aromatic N) is 4. The highest BCUT2D eigenvalue weighted by Gasteiger charge is 2.41. The second-order valence-corrected chi connectivity index (χ2v) is 7.89. The van der Waals surface area contributed by atoms with Crippen LogP contribution in [0.1, 0.15) is 21.6 Å². The summed E-state index contributed by atoms with van der Waals surface area (Å²) in [6, 6.07) is 5.15. The first-order chi connectivity index (χ1) is 18.5. The summed E-state index contributed by atoms with van der Waals surface area (Å²) in [5.74, 6) is -0.846. The molecule has 0 unspecified atom stereocenters. The predicted molar refractivity (Wildman–Crippen MR) is 128 cm³/mol. The second kappa shape index (κ2) is 10.9. The number of hydrogen-bond donors (Lipinski definition) is 3. The summed E-state index contributed by atoms with van der Waals surface area (Å²) < 4.78 is 76.9. The van der Waals surface area contributed by atoms with E-state index in [1.807, 2.05) is 5.32 Å². The Morgan fingerprint density at radius 1 is 1.18 bits per heavy atom. The number of nitrogens with one attached hydrogen (secondary N) is 1. The van der Waals surface area contributed by atoms with E-state index in [9.17, 15) is 26.7 Å². The van der Waals surface area contributed by atoms with Gasteiger partial charge in [0, 0.05) is 36.3 Å². The Balaban J connectivity index is 1.65. The van der Waals surface area contributed by atoms with Crippen LogP contribution in [0.2, 0.25) is 5.02 Å². The van der Waals surface area contributed by atoms with Crippen molar-refractivity contribution in [2.24, 2.45) is 0 Å². The molecule has 15 heteroatoms. The van der Waals surface area contributed by atoms with Gasteiger partial charge in [-0.3, -0.25) is 4.79 Å². The molecular formula is C24H14ClF5N6O3. The third-order valence-corrected chi connectivity index (χ3v) is 5.22. The molecule has 4 aromatic rings. The third-order valence-electron chi connectivity index (χ3n) is 4.92. The highest BCUT2D eigenvalue weighted by atomic mass is 35.5. The molecule has 3 heterocycles. The van der Waals surface area contributed by atoms with Crippen molar-refractivity contribution in [1.82, 2.24) is 19.7 Å². The number of halogens is 6. The van der Waals surface area contributed by atoms with Crippen LogP contribution in [0.25, 0.3) is 5.82 Å². The van der Waals surface area contributed by atoms with E-state index in [1.54, 1.807) is 0 Å². The molecule has 0 radical (unpaired) electrons. The number of aromatic nitrogens is 4. The summed E-state index contributed by atoms with van der Waals surface area (Å²) in [5.41, 5.74) is 2.68. The molecular weight excluding hydrogens is 551 g/mol. The van der Waals surface area contributed by atoms with Gasteiger partial charge in [-0.25, -0.2) is 23.4 Å². The molecule has 1 aromatic carbocycles. The van der Waals surface area contributed by atoms with Gasteiger partial charge >= 0.3 is 6.18 Å². The zero-order valence-electron chi connectivity index (χ0n) is 19.2. The smallest absolute Gasteiger partial charge is 0.434 e. The van der Waals surface area contributed by atoms with Crippen molar-refractivity contribution < 1.29 is 36.6 Å². The number of rotatable bonds is 5. The number of aliphatic hydroxyl groups excluding tert-OH is 1. The first kappa shape index (κ1) is 27.3. The zero-order valence-corrected chi connectivity index (χ0v) is 20.0. The van der Waals surface area contributed by atoms with Gasteiger partial charge in [-0.05, 0) is 12.1 Å². The van der Waals surface area contributed by atoms with Crippen LogP contribution in [-0.2, 0) is 6.18 Å². The van der Waals surface area contributed by atoms with Gasteiger partial charge < -0.3 is 20.9 Å². The topological polar surface area (TPSA) is 128 Å². The SMILES string of the molecule is Nc1nccc(Oc2c(F)cc(NC(=O)c3cnn(-c4ncccc4Cl)c3C(F)(F)F)cc2F)c1C#CCO. The fraction of sp³-hybridized carbons (Fsp3) is 0.0833. The van der Waals surface area contributed by atoms with Crippen LogP contribution < -0.4 is 15.8 Å². The summed E-state index contributed by atoms with van der Waals surface area (Å²) in [6.07, 6.45) is -2.09. The quantitative estimate of drug-likeness (QED) is 0.239. The van der Waals surface area contributed by atoms with E-state index >= 15 is 0 Å². The van der Waals surface area contributed by atoms with Crippen LogP contribution in [0, 0.1) is 23.5 Å². The molecule has 3 aromatic heterocycles. The number of anilines is 2. The van der Waals surface area contributed by atoms with Gasteiger partial charge in [0.1, 0.15) is 23.7 Å². The van der Waals surface area contributed by atoms with Crippen molar-refractivity contribution >= 4 is 29.0 Å². The summed E-state index contributed by atoms with van der Waals surface area (Å²) >= 11 is 5.94. The standard InChI is InChI=1S/C24H14ClF5N6O3/c25-15-4-1-6-33-22(15)36-20(24(28,29)30)14(11-34-36)23(38)35-12-9-16(26)19(17(27)10-12)39-18-5-7-32-21(31)13(18)3-2-8-37/h1,4-7,9-11,37H,8H2,(H2,31,32)(H,35,38). The maximum absolute atomic E-state index is 14.8. The van der Waals surface area contributed by atoms with E-state index in [0.717, 1.165) is 0 Å². The number of hydrogen-bond acceptors (Lipinski definition) is 7. The van der Waals surface area contributed by atoms with Crippen LogP contribution >= 0.6 is 11.6 Å². The second-order valence-electron chi connectivity index (χ2n) is 7.48. The zero-order chi connectivity index (χ0) is 28.3. The molecule has 0 saturated carbocycles. The van der Waals surface area contributed by atoms with E-state index < -0.39 is 53.0 Å². The number of amides is 1. The summed E-state index contributed by atoms with van der Waals surface area (Å²) in [5, 5.41) is 14.3. The molecule has 1 amide bonds. The van der Waals surface area contributed by atoms with Gasteiger partial charge in [-0.15, -0.1) is 0 Å². The minimum absolute atomic E-state index is 0.0487. The van der Waals surface area contributed by atoms with Crippen molar-refractivity contribution in [3.8, 4) is 29.2 Å². The Morgan fingerprint density at radius 3 is 2.54 bits per heavy atom. The third kappa shape index (κ3) is 5.74. The molecule has 0 spiro atoms. The van der Waals surface area contributed by atoms with E-state index in [4.69, 9.17) is 27.2 Å². The number of pyridine rings is 2. The maximum atomic E-state index is 14.8. The average molecular weight is 565 g/mol. The Kier molecular flexibility index (Phi) is 7.65. The fourth-order valence-electron chi connectivity index (χ4n) is 3.32. The summed E-state index contributed by atoms with van der Waals surface area (Å²) in [7, 11) is 0. The summed E-state index contributed by atoms with van der Waals surface area (Å²) in [6.45, 7) is -0.533. The van der Waals surface area contributed by atoms with E-state index in [2.05, 4.69) is 26.9 Å². The molecule has 0 aliphatic carbocycles. The lowest BCUT2D eigenvalue weighted by atomic mass is 10.2. The molecule has 0 fully saturated rings. The highest BCUT2D eigenvalue weighted by Crippen LogP contribution is 2.36. The Labute approximate surface area is 221 Å². The molecule has 4 N–H and O–H groups in total. The van der Waals surface area contributed by atoms with E-state index in [0.29, 0.717) is 23.0 Å². The maximum Gasteiger partial charge on any atom is 0.434 e. The molecule has 200 valence electrons. The number of nitrogen functional groups attached to an aromatic ring is 1. The van der Waals surface area contributed by atoms with Gasteiger partial charge in [0.15, 0.2) is 28.9 Å². The number of carbonyl (C=O) groups is 1. The van der Waals surface area contributed by atoms with Crippen molar-refractivity contribution in [1.29, 1.82) is 0 Å². The van der Waals surface area contributed by atoms with Crippen LogP contribution in [-0.4, -0.2) is 37.4 Å². The first-order valence-electron chi connectivity index (χ1n) is 10.6. The number of ether oxygens (including phenoxy) is 1. The van der Waals surface area contributed by atoms with Crippen molar-refractivity contribution in [2.45, 2.75) is 6.18 Å². The summed E-state index contributed by atoms with van der Waals surface area (Å²) in [4.78, 5) is 20.3.